The van der Waals surface area contributed by atoms with Crippen molar-refractivity contribution in [2.24, 2.45) is 0 Å². The molecule has 0 atom stereocenters. The van der Waals surface area contributed by atoms with E-state index in [-0.39, 0.29) is 5.91 Å². The summed E-state index contributed by atoms with van der Waals surface area (Å²) >= 11 is 0. The second-order valence-corrected chi connectivity index (χ2v) is 5.90. The number of aromatic nitrogens is 2. The predicted octanol–water partition coefficient (Wildman–Crippen LogP) is 1.61. The lowest BCUT2D eigenvalue weighted by molar-refractivity contribution is -0.127. The molecule has 1 aromatic heterocycles. The van der Waals surface area contributed by atoms with Gasteiger partial charge in [0.05, 0.1) is 18.2 Å². The van der Waals surface area contributed by atoms with E-state index in [2.05, 4.69) is 21.1 Å². The third kappa shape index (κ3) is 4.52. The van der Waals surface area contributed by atoms with Gasteiger partial charge in [-0.3, -0.25) is 9.69 Å². The van der Waals surface area contributed by atoms with E-state index in [1.54, 1.807) is 37.3 Å². The van der Waals surface area contributed by atoms with Gasteiger partial charge in [0.1, 0.15) is 0 Å². The largest absolute Gasteiger partial charge is 0.340 e. The molecule has 128 valence electrons. The number of benzene rings is 1. The molecule has 0 N–H and O–H groups in total. The Morgan fingerprint density at radius 2 is 2.16 bits per heavy atom. The van der Waals surface area contributed by atoms with Crippen molar-refractivity contribution in [3.63, 3.8) is 0 Å². The van der Waals surface area contributed by atoms with Crippen molar-refractivity contribution >= 4 is 12.0 Å². The number of carbonyl (C=O) groups excluding carboxylic acids is 1. The van der Waals surface area contributed by atoms with Crippen molar-refractivity contribution in [1.82, 2.24) is 19.9 Å². The topological polar surface area (TPSA) is 86.3 Å². The van der Waals surface area contributed by atoms with Gasteiger partial charge in [-0.15, -0.1) is 0 Å². The Morgan fingerprint density at radius 1 is 1.36 bits per heavy atom. The number of nitriles is 1. The Bertz CT molecular complexity index is 813. The summed E-state index contributed by atoms with van der Waals surface area (Å²) in [7, 11) is 0. The van der Waals surface area contributed by atoms with E-state index in [4.69, 9.17) is 9.78 Å². The molecule has 2 heterocycles. The van der Waals surface area contributed by atoms with Crippen LogP contribution < -0.4 is 0 Å². The van der Waals surface area contributed by atoms with Gasteiger partial charge in [-0.25, -0.2) is 0 Å². The summed E-state index contributed by atoms with van der Waals surface area (Å²) in [6, 6.07) is 9.27. The normalized spacial score (nSPS) is 15.4. The highest BCUT2D eigenvalue weighted by Crippen LogP contribution is 2.09. The van der Waals surface area contributed by atoms with E-state index in [0.717, 1.165) is 18.7 Å². The van der Waals surface area contributed by atoms with Gasteiger partial charge in [0.25, 0.3) is 0 Å². The van der Waals surface area contributed by atoms with E-state index >= 15 is 0 Å². The quantitative estimate of drug-likeness (QED) is 0.788. The average molecular weight is 337 g/mol. The van der Waals surface area contributed by atoms with Gasteiger partial charge in [0, 0.05) is 39.2 Å². The summed E-state index contributed by atoms with van der Waals surface area (Å²) in [6.45, 7) is 5.28. The molecular formula is C18H19N5O2. The van der Waals surface area contributed by atoms with Gasteiger partial charge in [-0.1, -0.05) is 17.3 Å². The molecule has 1 amide bonds. The van der Waals surface area contributed by atoms with E-state index in [9.17, 15) is 4.79 Å². The Hall–Kier alpha value is -2.98. The molecule has 0 spiro atoms. The van der Waals surface area contributed by atoms with E-state index in [1.165, 1.54) is 0 Å². The molecule has 25 heavy (non-hydrogen) atoms. The first-order chi connectivity index (χ1) is 12.1. The summed E-state index contributed by atoms with van der Waals surface area (Å²) in [5, 5.41) is 12.8. The third-order valence-corrected chi connectivity index (χ3v) is 4.05. The van der Waals surface area contributed by atoms with E-state index < -0.39 is 0 Å². The van der Waals surface area contributed by atoms with Gasteiger partial charge < -0.3 is 9.42 Å². The van der Waals surface area contributed by atoms with E-state index in [1.807, 2.05) is 11.0 Å². The minimum atomic E-state index is -0.0163. The summed E-state index contributed by atoms with van der Waals surface area (Å²) in [5.41, 5.74) is 1.43. The van der Waals surface area contributed by atoms with Gasteiger partial charge in [0.15, 0.2) is 5.82 Å². The third-order valence-electron chi connectivity index (χ3n) is 4.05. The predicted molar refractivity (Wildman–Crippen MR) is 91.1 cm³/mol. The maximum absolute atomic E-state index is 12.3. The lowest BCUT2D eigenvalue weighted by Crippen LogP contribution is -2.47. The Kier molecular flexibility index (Phi) is 5.21. The highest BCUT2D eigenvalue weighted by atomic mass is 16.5. The number of hydrogen-bond donors (Lipinski definition) is 0. The number of nitrogens with zero attached hydrogens (tertiary/aromatic N) is 5. The maximum Gasteiger partial charge on any atom is 0.246 e. The van der Waals surface area contributed by atoms with Gasteiger partial charge in [-0.2, -0.15) is 10.2 Å². The van der Waals surface area contributed by atoms with Crippen LogP contribution >= 0.6 is 0 Å². The minimum absolute atomic E-state index is 0.0163. The average Bonchev–Trinajstić information content (AvgIpc) is 3.05. The first kappa shape index (κ1) is 16.9. The highest BCUT2D eigenvalue weighted by Gasteiger charge is 2.20. The zero-order valence-corrected chi connectivity index (χ0v) is 14.1. The van der Waals surface area contributed by atoms with Crippen LogP contribution in [-0.2, 0) is 11.3 Å². The fraction of sp³-hybridized carbons (Fsp3) is 0.333. The molecule has 3 rings (SSSR count). The van der Waals surface area contributed by atoms with Crippen molar-refractivity contribution < 1.29 is 9.32 Å². The Labute approximate surface area is 146 Å². The van der Waals surface area contributed by atoms with Crippen LogP contribution in [0.5, 0.6) is 0 Å². The SMILES string of the molecule is Cc1nc(CN2CCN(C(=O)/C=C/c3cccc(C#N)c3)CC2)no1. The van der Waals surface area contributed by atoms with E-state index in [0.29, 0.717) is 36.9 Å². The molecule has 2 aromatic rings. The summed E-state index contributed by atoms with van der Waals surface area (Å²) < 4.78 is 4.97. The molecule has 0 saturated carbocycles. The lowest BCUT2D eigenvalue weighted by atomic mass is 10.1. The van der Waals surface area contributed by atoms with Crippen molar-refractivity contribution in [1.29, 1.82) is 5.26 Å². The zero-order valence-electron chi connectivity index (χ0n) is 14.1. The van der Waals surface area contributed by atoms with Crippen LogP contribution in [0, 0.1) is 18.3 Å². The molecule has 0 aliphatic carbocycles. The summed E-state index contributed by atoms with van der Waals surface area (Å²) in [4.78, 5) is 20.5. The Balaban J connectivity index is 1.51. The number of aryl methyl sites for hydroxylation is 1. The van der Waals surface area contributed by atoms with Crippen LogP contribution in [0.25, 0.3) is 6.08 Å². The number of carbonyl (C=O) groups is 1. The smallest absolute Gasteiger partial charge is 0.246 e. The second-order valence-electron chi connectivity index (χ2n) is 5.90. The molecule has 7 heteroatoms. The number of amides is 1. The highest BCUT2D eigenvalue weighted by molar-refractivity contribution is 5.91. The number of hydrogen-bond acceptors (Lipinski definition) is 6. The van der Waals surface area contributed by atoms with Crippen molar-refractivity contribution in [3.05, 3.63) is 53.2 Å². The molecule has 1 aliphatic rings. The summed E-state index contributed by atoms with van der Waals surface area (Å²) in [5.74, 6) is 1.22. The molecule has 0 bridgehead atoms. The van der Waals surface area contributed by atoms with Gasteiger partial charge >= 0.3 is 0 Å². The first-order valence-corrected chi connectivity index (χ1v) is 8.13. The minimum Gasteiger partial charge on any atom is -0.340 e. The van der Waals surface area contributed by atoms with Crippen LogP contribution in [0.2, 0.25) is 0 Å². The fourth-order valence-corrected chi connectivity index (χ4v) is 2.72. The standard InChI is InChI=1S/C18H19N5O2/c1-14-20-17(21-25-14)13-22-7-9-23(10-8-22)18(24)6-5-15-3-2-4-16(11-15)12-19/h2-6,11H,7-10,13H2,1H3/b6-5+. The van der Waals surface area contributed by atoms with Crippen LogP contribution in [0.15, 0.2) is 34.9 Å². The Morgan fingerprint density at radius 3 is 2.84 bits per heavy atom. The van der Waals surface area contributed by atoms with Crippen molar-refractivity contribution in [3.8, 4) is 6.07 Å². The lowest BCUT2D eigenvalue weighted by Gasteiger charge is -2.33. The number of piperazine rings is 1. The molecule has 0 unspecified atom stereocenters. The molecule has 1 saturated heterocycles. The van der Waals surface area contributed by atoms with Crippen LogP contribution in [0.3, 0.4) is 0 Å². The molecule has 1 aromatic carbocycles. The molecule has 1 aliphatic heterocycles. The fourth-order valence-electron chi connectivity index (χ4n) is 2.72. The monoisotopic (exact) mass is 337 g/mol. The summed E-state index contributed by atoms with van der Waals surface area (Å²) in [6.07, 6.45) is 3.31. The van der Waals surface area contributed by atoms with Gasteiger partial charge in [0.2, 0.25) is 11.8 Å². The first-order valence-electron chi connectivity index (χ1n) is 8.13. The zero-order chi connectivity index (χ0) is 17.6. The van der Waals surface area contributed by atoms with Crippen molar-refractivity contribution in [2.75, 3.05) is 26.2 Å². The maximum atomic E-state index is 12.3. The van der Waals surface area contributed by atoms with Crippen LogP contribution in [0.1, 0.15) is 22.8 Å². The second kappa shape index (κ2) is 7.73. The van der Waals surface area contributed by atoms with Crippen molar-refractivity contribution in [2.45, 2.75) is 13.5 Å². The number of rotatable bonds is 4. The molecule has 0 radical (unpaired) electrons. The molecule has 1 fully saturated rings. The molecular weight excluding hydrogens is 318 g/mol. The van der Waals surface area contributed by atoms with Crippen LogP contribution in [0.4, 0.5) is 0 Å². The van der Waals surface area contributed by atoms with Crippen LogP contribution in [-0.4, -0.2) is 52.0 Å². The molecule has 7 nitrogen and oxygen atoms in total. The van der Waals surface area contributed by atoms with Gasteiger partial charge in [-0.05, 0) is 23.8 Å².